The van der Waals surface area contributed by atoms with Crippen LogP contribution in [0.2, 0.25) is 0 Å². The Bertz CT molecular complexity index is 1120. The average molecular weight is 568 g/mol. The van der Waals surface area contributed by atoms with E-state index in [1.165, 1.54) is 64.2 Å². The van der Waals surface area contributed by atoms with Crippen molar-refractivity contribution in [3.05, 3.63) is 29.3 Å². The van der Waals surface area contributed by atoms with E-state index >= 15 is 0 Å². The van der Waals surface area contributed by atoms with Crippen molar-refractivity contribution in [1.29, 1.82) is 0 Å². The number of fused-ring (bicyclic) bond motifs is 3. The number of hydrogen-bond acceptors (Lipinski definition) is 5. The first kappa shape index (κ1) is 29.6. The molecule has 3 unspecified atom stereocenters. The molecule has 3 atom stereocenters. The van der Waals surface area contributed by atoms with E-state index in [0.717, 1.165) is 28.7 Å². The van der Waals surface area contributed by atoms with Crippen molar-refractivity contribution < 1.29 is 14.4 Å². The van der Waals surface area contributed by atoms with Crippen LogP contribution in [0, 0.1) is 16.7 Å². The van der Waals surface area contributed by atoms with Crippen LogP contribution in [0.4, 0.5) is 0 Å². The highest BCUT2D eigenvalue weighted by molar-refractivity contribution is 7.99. The SMILES string of the molecule is CC1CC2(C)CC(C)(C1)CC(C)(NCCCCCCCSc1cccc3c1CN(C1CCC(=O)NC1=O)C3=O)C2. The fraction of sp³-hybridized carbons (Fsp3) is 0.727. The van der Waals surface area contributed by atoms with E-state index in [4.69, 9.17) is 0 Å². The van der Waals surface area contributed by atoms with Crippen molar-refractivity contribution in [2.24, 2.45) is 16.7 Å². The third kappa shape index (κ3) is 6.61. The minimum Gasteiger partial charge on any atom is -0.322 e. The van der Waals surface area contributed by atoms with E-state index < -0.39 is 6.04 Å². The summed E-state index contributed by atoms with van der Waals surface area (Å²) in [4.78, 5) is 39.7. The number of rotatable bonds is 11. The van der Waals surface area contributed by atoms with Gasteiger partial charge >= 0.3 is 0 Å². The van der Waals surface area contributed by atoms with Crippen LogP contribution in [0.5, 0.6) is 0 Å². The minimum absolute atomic E-state index is 0.0939. The lowest BCUT2D eigenvalue weighted by Gasteiger charge is -2.58. The number of thioether (sulfide) groups is 1. The van der Waals surface area contributed by atoms with Gasteiger partial charge in [0, 0.05) is 29.0 Å². The van der Waals surface area contributed by atoms with E-state index in [1.807, 2.05) is 23.9 Å². The lowest BCUT2D eigenvalue weighted by atomic mass is 9.50. The summed E-state index contributed by atoms with van der Waals surface area (Å²) in [5.41, 5.74) is 3.02. The zero-order valence-electron chi connectivity index (χ0n) is 25.1. The Kier molecular flexibility index (Phi) is 8.73. The van der Waals surface area contributed by atoms with Crippen LogP contribution in [0.1, 0.15) is 121 Å². The summed E-state index contributed by atoms with van der Waals surface area (Å²) in [6.07, 6.45) is 13.7. The van der Waals surface area contributed by atoms with Gasteiger partial charge in [0.15, 0.2) is 0 Å². The van der Waals surface area contributed by atoms with Gasteiger partial charge in [0.05, 0.1) is 0 Å². The molecule has 3 amide bonds. The molecule has 2 aliphatic carbocycles. The molecule has 2 aliphatic heterocycles. The summed E-state index contributed by atoms with van der Waals surface area (Å²) in [6, 6.07) is 5.35. The highest BCUT2D eigenvalue weighted by atomic mass is 32.2. The number of piperidine rings is 1. The first-order chi connectivity index (χ1) is 19.0. The number of benzene rings is 1. The molecule has 2 N–H and O–H groups in total. The van der Waals surface area contributed by atoms with Crippen molar-refractivity contribution in [1.82, 2.24) is 15.5 Å². The Labute approximate surface area is 245 Å². The molecule has 40 heavy (non-hydrogen) atoms. The van der Waals surface area contributed by atoms with Crippen molar-refractivity contribution in [2.45, 2.75) is 128 Å². The van der Waals surface area contributed by atoms with E-state index in [9.17, 15) is 14.4 Å². The summed E-state index contributed by atoms with van der Waals surface area (Å²) < 4.78 is 0. The van der Waals surface area contributed by atoms with Gasteiger partial charge in [-0.2, -0.15) is 0 Å². The van der Waals surface area contributed by atoms with E-state index in [1.54, 1.807) is 4.90 Å². The second kappa shape index (κ2) is 11.8. The lowest BCUT2D eigenvalue weighted by molar-refractivity contribution is -0.136. The molecular formula is C33H49N3O3S. The van der Waals surface area contributed by atoms with Gasteiger partial charge in [-0.05, 0) is 105 Å². The number of carbonyl (C=O) groups excluding carboxylic acids is 3. The Morgan fingerprint density at radius 1 is 0.975 bits per heavy atom. The van der Waals surface area contributed by atoms with Crippen LogP contribution in [0.15, 0.2) is 23.1 Å². The normalized spacial score (nSPS) is 33.7. The smallest absolute Gasteiger partial charge is 0.255 e. The zero-order chi connectivity index (χ0) is 28.5. The molecule has 0 radical (unpaired) electrons. The molecule has 0 aromatic heterocycles. The quantitative estimate of drug-likeness (QED) is 0.182. The third-order valence-corrected chi connectivity index (χ3v) is 11.0. The summed E-state index contributed by atoms with van der Waals surface area (Å²) in [7, 11) is 0. The molecule has 2 heterocycles. The second-order valence-corrected chi connectivity index (χ2v) is 15.6. The van der Waals surface area contributed by atoms with Crippen LogP contribution in [-0.4, -0.2) is 46.5 Å². The van der Waals surface area contributed by atoms with Gasteiger partial charge in [-0.25, -0.2) is 0 Å². The molecule has 1 aromatic carbocycles. The first-order valence-corrected chi connectivity index (χ1v) is 16.6. The second-order valence-electron chi connectivity index (χ2n) is 14.5. The van der Waals surface area contributed by atoms with Crippen LogP contribution >= 0.6 is 11.8 Å². The van der Waals surface area contributed by atoms with Crippen molar-refractivity contribution in [3.8, 4) is 0 Å². The fourth-order valence-corrected chi connectivity index (χ4v) is 10.4. The maximum absolute atomic E-state index is 13.0. The predicted molar refractivity (Wildman–Crippen MR) is 161 cm³/mol. The Balaban J connectivity index is 1.00. The van der Waals surface area contributed by atoms with Crippen LogP contribution in [-0.2, 0) is 16.1 Å². The van der Waals surface area contributed by atoms with Crippen LogP contribution in [0.3, 0.4) is 0 Å². The van der Waals surface area contributed by atoms with Gasteiger partial charge in [0.2, 0.25) is 11.8 Å². The highest BCUT2D eigenvalue weighted by Crippen LogP contribution is 2.59. The van der Waals surface area contributed by atoms with Crippen molar-refractivity contribution >= 4 is 29.5 Å². The van der Waals surface area contributed by atoms with Gasteiger partial charge < -0.3 is 10.2 Å². The molecule has 7 heteroatoms. The number of imide groups is 1. The van der Waals surface area contributed by atoms with Crippen LogP contribution < -0.4 is 10.6 Å². The minimum atomic E-state index is -0.555. The topological polar surface area (TPSA) is 78.5 Å². The summed E-state index contributed by atoms with van der Waals surface area (Å²) >= 11 is 1.83. The molecule has 0 spiro atoms. The number of nitrogens with one attached hydrogen (secondary N) is 2. The molecule has 3 fully saturated rings. The van der Waals surface area contributed by atoms with E-state index in [2.05, 4.69) is 44.4 Å². The Hall–Kier alpha value is -1.86. The van der Waals surface area contributed by atoms with Crippen LogP contribution in [0.25, 0.3) is 0 Å². The zero-order valence-corrected chi connectivity index (χ0v) is 25.9. The Morgan fingerprint density at radius 2 is 1.68 bits per heavy atom. The number of carbonyl (C=O) groups is 3. The van der Waals surface area contributed by atoms with E-state index in [0.29, 0.717) is 29.4 Å². The lowest BCUT2D eigenvalue weighted by Crippen LogP contribution is -2.57. The number of amides is 3. The molecule has 5 rings (SSSR count). The molecule has 4 aliphatic rings. The maximum atomic E-state index is 13.0. The number of hydrogen-bond donors (Lipinski definition) is 2. The van der Waals surface area contributed by atoms with Crippen molar-refractivity contribution in [3.63, 3.8) is 0 Å². The van der Waals surface area contributed by atoms with Gasteiger partial charge in [-0.1, -0.05) is 46.1 Å². The summed E-state index contributed by atoms with van der Waals surface area (Å²) in [6.45, 7) is 11.6. The Morgan fingerprint density at radius 3 is 2.40 bits per heavy atom. The molecule has 6 nitrogen and oxygen atoms in total. The maximum Gasteiger partial charge on any atom is 0.255 e. The van der Waals surface area contributed by atoms with Gasteiger partial charge in [0.25, 0.3) is 5.91 Å². The molecule has 2 saturated carbocycles. The molecule has 1 aromatic rings. The highest BCUT2D eigenvalue weighted by Gasteiger charge is 2.52. The summed E-state index contributed by atoms with van der Waals surface area (Å²) in [5.74, 6) is 1.20. The summed E-state index contributed by atoms with van der Waals surface area (Å²) in [5, 5.41) is 6.38. The number of unbranched alkanes of at least 4 members (excludes halogenated alkanes) is 4. The molecule has 220 valence electrons. The standard InChI is InChI=1S/C33H49N3O3S/c1-23-17-31(2)20-32(3,18-23)22-33(4,21-31)34-15-8-6-5-7-9-16-40-27-12-10-11-24-25(27)19-36(30(24)39)26-13-14-28(37)35-29(26)38/h10-12,23,26,34H,5-9,13-22H2,1-4H3,(H,35,37,38). The van der Waals surface area contributed by atoms with E-state index in [-0.39, 0.29) is 29.7 Å². The largest absolute Gasteiger partial charge is 0.322 e. The van der Waals surface area contributed by atoms with Gasteiger partial charge in [-0.3, -0.25) is 19.7 Å². The molecule has 1 saturated heterocycles. The third-order valence-electron chi connectivity index (χ3n) is 9.84. The fourth-order valence-electron chi connectivity index (χ4n) is 9.29. The van der Waals surface area contributed by atoms with Gasteiger partial charge in [0.1, 0.15) is 6.04 Å². The average Bonchev–Trinajstić information content (AvgIpc) is 3.17. The van der Waals surface area contributed by atoms with Crippen molar-refractivity contribution in [2.75, 3.05) is 12.3 Å². The number of nitrogens with zero attached hydrogens (tertiary/aromatic N) is 1. The predicted octanol–water partition coefficient (Wildman–Crippen LogP) is 6.46. The molecular weight excluding hydrogens is 518 g/mol. The monoisotopic (exact) mass is 567 g/mol. The first-order valence-electron chi connectivity index (χ1n) is 15.6. The molecule has 2 bridgehead atoms. The van der Waals surface area contributed by atoms with Gasteiger partial charge in [-0.15, -0.1) is 11.8 Å².